The zero-order valence-electron chi connectivity index (χ0n) is 38.9. The maximum Gasteiger partial charge on any atom is 0.0629 e. The fourth-order valence-electron chi connectivity index (χ4n) is 11.5. The molecule has 2 aliphatic rings. The Morgan fingerprint density at radius 2 is 0.690 bits per heavy atom. The SMILES string of the molecule is C1=CC2c3cc(N(c4ccc(N(c5ccccc5)c5ccc6c(c5)c5ccccc5n6-c5ccccc5)cc4)c4ccc5c(c4)c4ccccc4n5-c4ccccc4)ccc3N(c3ccccc3)C2C=C1. The van der Waals surface area contributed by atoms with E-state index >= 15 is 0 Å². The third kappa shape index (κ3) is 6.69. The van der Waals surface area contributed by atoms with Gasteiger partial charge in [0.1, 0.15) is 0 Å². The van der Waals surface area contributed by atoms with Gasteiger partial charge in [-0.3, -0.25) is 0 Å². The van der Waals surface area contributed by atoms with Crippen molar-refractivity contribution in [2.45, 2.75) is 12.0 Å². The van der Waals surface area contributed by atoms with E-state index in [2.05, 4.69) is 297 Å². The van der Waals surface area contributed by atoms with Crippen LogP contribution in [0.15, 0.2) is 273 Å². The van der Waals surface area contributed by atoms with Gasteiger partial charge in [-0.2, -0.15) is 0 Å². The minimum absolute atomic E-state index is 0.193. The molecule has 0 saturated carbocycles. The van der Waals surface area contributed by atoms with Crippen LogP contribution in [0, 0.1) is 0 Å². The van der Waals surface area contributed by atoms with Crippen molar-refractivity contribution in [1.29, 1.82) is 0 Å². The Labute approximate surface area is 412 Å². The molecule has 10 aromatic carbocycles. The lowest BCUT2D eigenvalue weighted by atomic mass is 9.91. The molecule has 5 nitrogen and oxygen atoms in total. The Hall–Kier alpha value is -9.32. The van der Waals surface area contributed by atoms with E-state index in [1.54, 1.807) is 0 Å². The summed E-state index contributed by atoms with van der Waals surface area (Å²) in [6, 6.07) is 90.7. The molecule has 336 valence electrons. The Balaban J connectivity index is 0.931. The number of anilines is 8. The number of benzene rings is 10. The van der Waals surface area contributed by atoms with E-state index in [-0.39, 0.29) is 12.0 Å². The van der Waals surface area contributed by atoms with Crippen molar-refractivity contribution in [3.63, 3.8) is 0 Å². The lowest BCUT2D eigenvalue weighted by Crippen LogP contribution is -2.28. The van der Waals surface area contributed by atoms with Gasteiger partial charge in [0.05, 0.1) is 28.1 Å². The highest BCUT2D eigenvalue weighted by atomic mass is 15.2. The molecule has 0 N–H and O–H groups in total. The van der Waals surface area contributed by atoms with E-state index in [1.807, 2.05) is 0 Å². The van der Waals surface area contributed by atoms with Crippen LogP contribution in [0.1, 0.15) is 11.5 Å². The summed E-state index contributed by atoms with van der Waals surface area (Å²) in [4.78, 5) is 7.32. The topological polar surface area (TPSA) is 19.6 Å². The monoisotopic (exact) mass is 909 g/mol. The maximum atomic E-state index is 2.50. The summed E-state index contributed by atoms with van der Waals surface area (Å²) in [5.74, 6) is 0.212. The van der Waals surface area contributed by atoms with E-state index in [4.69, 9.17) is 0 Å². The predicted octanol–water partition coefficient (Wildman–Crippen LogP) is 17.6. The van der Waals surface area contributed by atoms with E-state index in [0.717, 1.165) is 45.5 Å². The minimum Gasteiger partial charge on any atom is -0.333 e. The summed E-state index contributed by atoms with van der Waals surface area (Å²) >= 11 is 0. The van der Waals surface area contributed by atoms with Gasteiger partial charge in [0.15, 0.2) is 0 Å². The molecule has 1 aliphatic heterocycles. The second-order valence-electron chi connectivity index (χ2n) is 18.5. The molecule has 0 bridgehead atoms. The van der Waals surface area contributed by atoms with Crippen LogP contribution >= 0.6 is 0 Å². The molecular weight excluding hydrogens is 863 g/mol. The Morgan fingerprint density at radius 1 is 0.296 bits per heavy atom. The van der Waals surface area contributed by atoms with Crippen LogP contribution in [0.25, 0.3) is 55.0 Å². The molecule has 0 radical (unpaired) electrons. The molecular formula is C66H47N5. The molecule has 71 heavy (non-hydrogen) atoms. The van der Waals surface area contributed by atoms with Crippen molar-refractivity contribution in [1.82, 2.24) is 9.13 Å². The van der Waals surface area contributed by atoms with Crippen molar-refractivity contribution in [3.8, 4) is 11.4 Å². The van der Waals surface area contributed by atoms with Gasteiger partial charge in [0, 0.05) is 84.3 Å². The van der Waals surface area contributed by atoms with Gasteiger partial charge < -0.3 is 23.8 Å². The molecule has 2 aromatic heterocycles. The van der Waals surface area contributed by atoms with Crippen molar-refractivity contribution >= 4 is 89.1 Å². The number of aromatic nitrogens is 2. The molecule has 12 aromatic rings. The van der Waals surface area contributed by atoms with Crippen LogP contribution in [0.4, 0.5) is 45.5 Å². The number of nitrogens with zero attached hydrogens (tertiary/aromatic N) is 5. The van der Waals surface area contributed by atoms with E-state index in [9.17, 15) is 0 Å². The Bertz CT molecular complexity index is 4000. The molecule has 5 heteroatoms. The second kappa shape index (κ2) is 16.7. The van der Waals surface area contributed by atoms with Gasteiger partial charge in [-0.1, -0.05) is 133 Å². The Kier molecular flexibility index (Phi) is 9.59. The van der Waals surface area contributed by atoms with Crippen LogP contribution in [-0.4, -0.2) is 15.2 Å². The van der Waals surface area contributed by atoms with Gasteiger partial charge in [0.2, 0.25) is 0 Å². The maximum absolute atomic E-state index is 2.50. The van der Waals surface area contributed by atoms with Crippen molar-refractivity contribution in [2.24, 2.45) is 0 Å². The first-order valence-electron chi connectivity index (χ1n) is 24.5. The average Bonchev–Trinajstić information content (AvgIpc) is 4.08. The molecule has 2 atom stereocenters. The van der Waals surface area contributed by atoms with Gasteiger partial charge in [-0.15, -0.1) is 0 Å². The molecule has 0 amide bonds. The van der Waals surface area contributed by atoms with Crippen LogP contribution in [0.3, 0.4) is 0 Å². The fourth-order valence-corrected chi connectivity index (χ4v) is 11.5. The number of para-hydroxylation sites is 6. The zero-order valence-corrected chi connectivity index (χ0v) is 38.9. The number of hydrogen-bond acceptors (Lipinski definition) is 3. The van der Waals surface area contributed by atoms with Gasteiger partial charge in [0.25, 0.3) is 0 Å². The van der Waals surface area contributed by atoms with Crippen molar-refractivity contribution < 1.29 is 0 Å². The first-order chi connectivity index (χ1) is 35.2. The van der Waals surface area contributed by atoms with Gasteiger partial charge in [-0.05, 0) is 145 Å². The largest absolute Gasteiger partial charge is 0.333 e. The summed E-state index contributed by atoms with van der Waals surface area (Å²) in [6.45, 7) is 0. The first-order valence-corrected chi connectivity index (χ1v) is 24.5. The third-order valence-corrected chi connectivity index (χ3v) is 14.6. The van der Waals surface area contributed by atoms with Crippen LogP contribution in [-0.2, 0) is 0 Å². The summed E-state index contributed by atoms with van der Waals surface area (Å²) in [5.41, 5.74) is 17.3. The quantitative estimate of drug-likeness (QED) is 0.144. The molecule has 3 heterocycles. The lowest BCUT2D eigenvalue weighted by molar-refractivity contribution is 0.745. The smallest absolute Gasteiger partial charge is 0.0629 e. The minimum atomic E-state index is 0.193. The molecule has 0 spiro atoms. The first kappa shape index (κ1) is 40.7. The van der Waals surface area contributed by atoms with Crippen molar-refractivity contribution in [3.05, 3.63) is 279 Å². The highest BCUT2D eigenvalue weighted by Gasteiger charge is 2.38. The van der Waals surface area contributed by atoms with Crippen LogP contribution in [0.5, 0.6) is 0 Å². The zero-order chi connectivity index (χ0) is 46.8. The lowest BCUT2D eigenvalue weighted by Gasteiger charge is -2.29. The summed E-state index contributed by atoms with van der Waals surface area (Å²) in [7, 11) is 0. The highest BCUT2D eigenvalue weighted by molar-refractivity contribution is 6.12. The number of rotatable bonds is 9. The van der Waals surface area contributed by atoms with Gasteiger partial charge in [-0.25, -0.2) is 0 Å². The third-order valence-electron chi connectivity index (χ3n) is 14.6. The number of allylic oxidation sites excluding steroid dienone is 2. The summed E-state index contributed by atoms with van der Waals surface area (Å²) < 4.78 is 4.76. The second-order valence-corrected chi connectivity index (χ2v) is 18.5. The normalized spacial score (nSPS) is 14.9. The highest BCUT2D eigenvalue weighted by Crippen LogP contribution is 2.51. The average molecular weight is 910 g/mol. The van der Waals surface area contributed by atoms with Crippen LogP contribution < -0.4 is 14.7 Å². The molecule has 0 fully saturated rings. The molecule has 0 saturated heterocycles. The summed E-state index contributed by atoms with van der Waals surface area (Å²) in [5, 5.41) is 4.87. The van der Waals surface area contributed by atoms with Gasteiger partial charge >= 0.3 is 0 Å². The molecule has 1 aliphatic carbocycles. The Morgan fingerprint density at radius 3 is 1.24 bits per heavy atom. The van der Waals surface area contributed by atoms with E-state index in [1.165, 1.54) is 60.5 Å². The van der Waals surface area contributed by atoms with Crippen molar-refractivity contribution in [2.75, 3.05) is 14.7 Å². The van der Waals surface area contributed by atoms with E-state index < -0.39 is 0 Å². The summed E-state index contributed by atoms with van der Waals surface area (Å²) in [6.07, 6.45) is 9.12. The number of fused-ring (bicyclic) bond motifs is 9. The van der Waals surface area contributed by atoms with E-state index in [0.29, 0.717) is 0 Å². The molecule has 2 unspecified atom stereocenters. The standard InChI is InChI=1S/C66H47N5/c1-5-19-46(20-6-1)67(52-37-40-64-58(43-52)55-27-13-16-30-61(55)69(64)47-21-7-2-8-22-47)50-33-35-51(36-34-50)68(53-38-41-65-59(44-53)56-28-14-17-31-62(56)70(65)48-23-9-3-10-24-48)54-39-42-66-60(45-54)57-29-15-18-32-63(57)71(66)49-25-11-4-12-26-49/h1-45,56,62H. The predicted molar refractivity (Wildman–Crippen MR) is 298 cm³/mol. The fraction of sp³-hybridized carbons (Fsp3) is 0.0303. The van der Waals surface area contributed by atoms with Crippen LogP contribution in [0.2, 0.25) is 0 Å². The number of hydrogen-bond donors (Lipinski definition) is 0. The molecule has 14 rings (SSSR count).